The molecular formula is C7H11N3OS2. The van der Waals surface area contributed by atoms with E-state index in [0.29, 0.717) is 4.77 Å². The number of aromatic amines is 2. The molecule has 4 nitrogen and oxygen atoms in total. The van der Waals surface area contributed by atoms with Gasteiger partial charge in [0.2, 0.25) is 0 Å². The Kier molecular flexibility index (Phi) is 2.59. The second kappa shape index (κ2) is 3.71. The van der Waals surface area contributed by atoms with Crippen LogP contribution in [0.15, 0.2) is 4.79 Å². The minimum atomic E-state index is -0.113. The molecule has 0 radical (unpaired) electrons. The van der Waals surface area contributed by atoms with Crippen molar-refractivity contribution in [2.24, 2.45) is 0 Å². The molecule has 6 heteroatoms. The number of hydrogen-bond donors (Lipinski definition) is 2. The van der Waals surface area contributed by atoms with Gasteiger partial charge in [-0.2, -0.15) is 11.8 Å². The number of nitrogens with one attached hydrogen (secondary N) is 2. The highest BCUT2D eigenvalue weighted by atomic mass is 32.2. The van der Waals surface area contributed by atoms with Crippen LogP contribution in [0, 0.1) is 4.77 Å². The second-order valence-electron chi connectivity index (χ2n) is 3.10. The molecule has 0 saturated carbocycles. The number of H-pyrrole nitrogens is 2. The molecule has 72 valence electrons. The number of rotatable bonds is 1. The summed E-state index contributed by atoms with van der Waals surface area (Å²) in [4.78, 5) is 11.3. The molecule has 1 aliphatic rings. The topological polar surface area (TPSA) is 53.6 Å². The largest absolute Gasteiger partial charge is 0.342 e. The maximum Gasteiger partial charge on any atom is 0.342 e. The number of thioether (sulfide) groups is 1. The Bertz CT molecular complexity index is 357. The van der Waals surface area contributed by atoms with E-state index in [1.807, 2.05) is 11.8 Å². The summed E-state index contributed by atoms with van der Waals surface area (Å²) in [6.45, 7) is 0. The first-order valence-corrected chi connectivity index (χ1v) is 5.82. The average molecular weight is 217 g/mol. The van der Waals surface area contributed by atoms with Crippen molar-refractivity contribution in [2.45, 2.75) is 18.9 Å². The molecular weight excluding hydrogens is 206 g/mol. The van der Waals surface area contributed by atoms with Crippen molar-refractivity contribution in [3.8, 4) is 0 Å². The Balaban J connectivity index is 2.33. The SMILES string of the molecule is O=c1[nH][nH]c(=S)n1C1CCCSC1. The Morgan fingerprint density at radius 2 is 2.38 bits per heavy atom. The summed E-state index contributed by atoms with van der Waals surface area (Å²) in [6.07, 6.45) is 2.23. The third-order valence-electron chi connectivity index (χ3n) is 2.22. The van der Waals surface area contributed by atoms with E-state index in [-0.39, 0.29) is 11.7 Å². The van der Waals surface area contributed by atoms with Crippen molar-refractivity contribution < 1.29 is 0 Å². The van der Waals surface area contributed by atoms with Gasteiger partial charge in [-0.15, -0.1) is 0 Å². The van der Waals surface area contributed by atoms with Gasteiger partial charge in [-0.3, -0.25) is 9.67 Å². The highest BCUT2D eigenvalue weighted by Crippen LogP contribution is 2.25. The molecule has 0 aliphatic carbocycles. The summed E-state index contributed by atoms with van der Waals surface area (Å²) in [5.41, 5.74) is -0.113. The Morgan fingerprint density at radius 3 is 2.92 bits per heavy atom. The minimum absolute atomic E-state index is 0.113. The molecule has 2 rings (SSSR count). The van der Waals surface area contributed by atoms with Crippen LogP contribution in [0.2, 0.25) is 0 Å². The molecule has 0 bridgehead atoms. The molecule has 1 aromatic rings. The van der Waals surface area contributed by atoms with Gasteiger partial charge in [-0.1, -0.05) is 0 Å². The maximum absolute atomic E-state index is 11.3. The Hall–Kier alpha value is -0.490. The van der Waals surface area contributed by atoms with Gasteiger partial charge in [0.05, 0.1) is 6.04 Å². The van der Waals surface area contributed by atoms with Crippen molar-refractivity contribution in [1.29, 1.82) is 0 Å². The van der Waals surface area contributed by atoms with Gasteiger partial charge in [0.1, 0.15) is 0 Å². The van der Waals surface area contributed by atoms with E-state index >= 15 is 0 Å². The Labute approximate surface area is 84.7 Å². The third kappa shape index (κ3) is 1.73. The fourth-order valence-electron chi connectivity index (χ4n) is 1.58. The van der Waals surface area contributed by atoms with E-state index in [1.54, 1.807) is 4.57 Å². The molecule has 0 spiro atoms. The molecule has 0 amide bonds. The molecule has 1 saturated heterocycles. The lowest BCUT2D eigenvalue weighted by molar-refractivity contribution is 0.482. The smallest absolute Gasteiger partial charge is 0.272 e. The Morgan fingerprint density at radius 1 is 1.54 bits per heavy atom. The molecule has 2 N–H and O–H groups in total. The van der Waals surface area contributed by atoms with Crippen LogP contribution in [0.4, 0.5) is 0 Å². The number of nitrogens with zero attached hydrogens (tertiary/aromatic N) is 1. The van der Waals surface area contributed by atoms with Crippen LogP contribution in [0.5, 0.6) is 0 Å². The molecule has 1 atom stereocenters. The van der Waals surface area contributed by atoms with Crippen LogP contribution in [-0.2, 0) is 0 Å². The van der Waals surface area contributed by atoms with Gasteiger partial charge in [-0.25, -0.2) is 9.89 Å². The van der Waals surface area contributed by atoms with E-state index in [1.165, 1.54) is 12.2 Å². The first-order valence-electron chi connectivity index (χ1n) is 4.26. The predicted molar refractivity (Wildman–Crippen MR) is 55.8 cm³/mol. The highest BCUT2D eigenvalue weighted by molar-refractivity contribution is 7.99. The molecule has 1 unspecified atom stereocenters. The molecule has 13 heavy (non-hydrogen) atoms. The van der Waals surface area contributed by atoms with Gasteiger partial charge < -0.3 is 0 Å². The van der Waals surface area contributed by atoms with Crippen LogP contribution in [0.1, 0.15) is 18.9 Å². The van der Waals surface area contributed by atoms with Gasteiger partial charge >= 0.3 is 5.69 Å². The lowest BCUT2D eigenvalue weighted by Crippen LogP contribution is -2.26. The molecule has 1 aliphatic heterocycles. The van der Waals surface area contributed by atoms with Crippen LogP contribution < -0.4 is 5.69 Å². The lowest BCUT2D eigenvalue weighted by Gasteiger charge is -2.20. The highest BCUT2D eigenvalue weighted by Gasteiger charge is 2.18. The second-order valence-corrected chi connectivity index (χ2v) is 4.64. The van der Waals surface area contributed by atoms with Crippen LogP contribution in [-0.4, -0.2) is 26.3 Å². The fourth-order valence-corrected chi connectivity index (χ4v) is 2.99. The monoisotopic (exact) mass is 217 g/mol. The predicted octanol–water partition coefficient (Wildman–Crippen LogP) is 1.30. The third-order valence-corrected chi connectivity index (χ3v) is 3.71. The van der Waals surface area contributed by atoms with E-state index in [4.69, 9.17) is 12.2 Å². The van der Waals surface area contributed by atoms with E-state index in [9.17, 15) is 4.79 Å². The summed E-state index contributed by atoms with van der Waals surface area (Å²) in [5, 5.41) is 5.17. The van der Waals surface area contributed by atoms with Gasteiger partial charge in [0, 0.05) is 5.75 Å². The van der Waals surface area contributed by atoms with Gasteiger partial charge in [-0.05, 0) is 30.8 Å². The minimum Gasteiger partial charge on any atom is -0.272 e. The van der Waals surface area contributed by atoms with E-state index < -0.39 is 0 Å². The summed E-state index contributed by atoms with van der Waals surface area (Å²) >= 11 is 6.91. The molecule has 1 aromatic heterocycles. The van der Waals surface area contributed by atoms with Crippen LogP contribution in [0.3, 0.4) is 0 Å². The maximum atomic E-state index is 11.3. The van der Waals surface area contributed by atoms with Crippen molar-refractivity contribution in [1.82, 2.24) is 14.8 Å². The van der Waals surface area contributed by atoms with Crippen molar-refractivity contribution >= 4 is 24.0 Å². The average Bonchev–Trinajstić information content (AvgIpc) is 2.48. The van der Waals surface area contributed by atoms with Crippen LogP contribution >= 0.6 is 24.0 Å². The van der Waals surface area contributed by atoms with Crippen molar-refractivity contribution in [3.63, 3.8) is 0 Å². The quantitative estimate of drug-likeness (QED) is 0.697. The summed E-state index contributed by atoms with van der Waals surface area (Å²) in [7, 11) is 0. The van der Waals surface area contributed by atoms with E-state index in [0.717, 1.165) is 12.2 Å². The number of hydrogen-bond acceptors (Lipinski definition) is 3. The molecule has 2 heterocycles. The first-order chi connectivity index (χ1) is 6.29. The molecule has 0 aromatic carbocycles. The summed E-state index contributed by atoms with van der Waals surface area (Å²) < 4.78 is 2.17. The summed E-state index contributed by atoms with van der Waals surface area (Å²) in [6, 6.07) is 0.279. The van der Waals surface area contributed by atoms with Crippen molar-refractivity contribution in [2.75, 3.05) is 11.5 Å². The zero-order valence-corrected chi connectivity index (χ0v) is 8.71. The first kappa shape index (κ1) is 9.08. The molecule has 1 fully saturated rings. The normalized spacial score (nSPS) is 23.2. The fraction of sp³-hybridized carbons (Fsp3) is 0.714. The standard InChI is InChI=1S/C7H11N3OS2/c11-6-8-9-7(12)10(6)5-2-1-3-13-4-5/h5H,1-4H2,(H,8,11)(H,9,12). The van der Waals surface area contributed by atoms with Crippen LogP contribution in [0.25, 0.3) is 0 Å². The van der Waals surface area contributed by atoms with E-state index in [2.05, 4.69) is 10.2 Å². The van der Waals surface area contributed by atoms with Crippen molar-refractivity contribution in [3.05, 3.63) is 15.3 Å². The van der Waals surface area contributed by atoms with Gasteiger partial charge in [0.15, 0.2) is 4.77 Å². The number of aromatic nitrogens is 3. The van der Waals surface area contributed by atoms with Gasteiger partial charge in [0.25, 0.3) is 0 Å². The summed E-state index contributed by atoms with van der Waals surface area (Å²) in [5.74, 6) is 2.20. The lowest BCUT2D eigenvalue weighted by atomic mass is 10.2. The zero-order chi connectivity index (χ0) is 9.26. The zero-order valence-electron chi connectivity index (χ0n) is 7.08.